The zero-order chi connectivity index (χ0) is 20.1. The number of rotatable bonds is 3. The third kappa shape index (κ3) is 3.06. The molecule has 2 aromatic rings. The van der Waals surface area contributed by atoms with E-state index in [0.29, 0.717) is 11.3 Å². The monoisotopic (exact) mass is 391 g/mol. The van der Waals surface area contributed by atoms with Gasteiger partial charge in [-0.05, 0) is 32.4 Å². The first-order chi connectivity index (χ1) is 12.5. The minimum absolute atomic E-state index is 0.0159. The first-order valence-corrected chi connectivity index (χ1v) is 8.17. The second kappa shape index (κ2) is 6.20. The molecule has 140 valence electrons. The summed E-state index contributed by atoms with van der Waals surface area (Å²) in [7, 11) is 0. The molecular weight excluding hydrogens is 378 g/mol. The predicted molar refractivity (Wildman–Crippen MR) is 98.2 cm³/mol. The summed E-state index contributed by atoms with van der Waals surface area (Å²) in [6.07, 6.45) is 1.25. The van der Waals surface area contributed by atoms with E-state index < -0.39 is 26.7 Å². The van der Waals surface area contributed by atoms with E-state index in [1.165, 1.54) is 24.4 Å². The van der Waals surface area contributed by atoms with Gasteiger partial charge in [0, 0.05) is 30.0 Å². The van der Waals surface area contributed by atoms with Crippen molar-refractivity contribution < 1.29 is 14.6 Å². The van der Waals surface area contributed by atoms with Gasteiger partial charge in [-0.15, -0.1) is 0 Å². The van der Waals surface area contributed by atoms with Crippen LogP contribution in [0.1, 0.15) is 26.3 Å². The topological polar surface area (TPSA) is 118 Å². The highest BCUT2D eigenvalue weighted by Gasteiger charge is 2.35. The molecule has 0 spiro atoms. The fraction of sp³-hybridized carbons (Fsp3) is 0.235. The van der Waals surface area contributed by atoms with Gasteiger partial charge in [-0.3, -0.25) is 29.6 Å². The summed E-state index contributed by atoms with van der Waals surface area (Å²) in [4.78, 5) is 33.7. The summed E-state index contributed by atoms with van der Waals surface area (Å²) in [6.45, 7) is 5.21. The van der Waals surface area contributed by atoms with E-state index in [1.807, 2.05) is 0 Å². The van der Waals surface area contributed by atoms with Crippen LogP contribution in [0.5, 0.6) is 5.75 Å². The summed E-state index contributed by atoms with van der Waals surface area (Å²) in [5, 5.41) is 22.4. The molecule has 0 unspecified atom stereocenters. The van der Waals surface area contributed by atoms with Crippen LogP contribution in [-0.2, 0) is 0 Å². The Morgan fingerprint density at radius 1 is 1.15 bits per heavy atom. The van der Waals surface area contributed by atoms with E-state index in [4.69, 9.17) is 16.3 Å². The molecule has 0 saturated heterocycles. The highest BCUT2D eigenvalue weighted by Crippen LogP contribution is 2.42. The Bertz CT molecular complexity index is 1090. The number of nitrogens with zero attached hydrogens (tertiary/aromatic N) is 3. The van der Waals surface area contributed by atoms with Crippen LogP contribution in [0.15, 0.2) is 40.8 Å². The van der Waals surface area contributed by atoms with Crippen LogP contribution in [-0.4, -0.2) is 20.0 Å². The number of hydrogen-bond donors (Lipinski definition) is 0. The summed E-state index contributed by atoms with van der Waals surface area (Å²) in [6, 6.07) is 4.96. The zero-order valence-corrected chi connectivity index (χ0v) is 15.3. The standard InChI is InChI=1S/C17H14ClN3O6/c1-9-15(19-8-10(18)6-13(16(19)22)21(25)26)12-7-11(20(23)24)4-5-14(12)27-17(9,2)3/h4-8H,1-3H3. The van der Waals surface area contributed by atoms with Gasteiger partial charge < -0.3 is 4.74 Å². The molecule has 0 aliphatic carbocycles. The van der Waals surface area contributed by atoms with Crippen LogP contribution in [0.3, 0.4) is 0 Å². The lowest BCUT2D eigenvalue weighted by Crippen LogP contribution is -2.36. The third-order valence-electron chi connectivity index (χ3n) is 4.46. The Morgan fingerprint density at radius 3 is 2.41 bits per heavy atom. The normalized spacial score (nSPS) is 15.1. The molecule has 0 N–H and O–H groups in total. The maximum absolute atomic E-state index is 12.7. The quantitative estimate of drug-likeness (QED) is 0.580. The van der Waals surface area contributed by atoms with Gasteiger partial charge in [0.2, 0.25) is 0 Å². The number of nitro benzene ring substituents is 1. The number of benzene rings is 1. The summed E-state index contributed by atoms with van der Waals surface area (Å²) < 4.78 is 6.95. The molecule has 0 fully saturated rings. The summed E-state index contributed by atoms with van der Waals surface area (Å²) in [5.74, 6) is 0.320. The second-order valence-corrected chi connectivity index (χ2v) is 6.94. The number of pyridine rings is 1. The van der Waals surface area contributed by atoms with Crippen molar-refractivity contribution in [1.29, 1.82) is 0 Å². The van der Waals surface area contributed by atoms with Crippen LogP contribution in [0.4, 0.5) is 11.4 Å². The SMILES string of the molecule is CC1=C(n2cc(Cl)cc([N+](=O)[O-])c2=O)c2cc([N+](=O)[O-])ccc2OC1(C)C. The van der Waals surface area contributed by atoms with E-state index in [0.717, 1.165) is 10.6 Å². The molecule has 1 aromatic carbocycles. The van der Waals surface area contributed by atoms with Crippen molar-refractivity contribution in [1.82, 2.24) is 4.57 Å². The number of fused-ring (bicyclic) bond motifs is 1. The highest BCUT2D eigenvalue weighted by atomic mass is 35.5. The molecule has 1 aliphatic heterocycles. The third-order valence-corrected chi connectivity index (χ3v) is 4.66. The predicted octanol–water partition coefficient (Wildman–Crippen LogP) is 3.77. The first-order valence-electron chi connectivity index (χ1n) is 7.79. The molecule has 0 saturated carbocycles. The number of halogens is 1. The van der Waals surface area contributed by atoms with Crippen LogP contribution in [0, 0.1) is 20.2 Å². The van der Waals surface area contributed by atoms with Gasteiger partial charge >= 0.3 is 11.2 Å². The molecule has 0 amide bonds. The fourth-order valence-corrected chi connectivity index (χ4v) is 3.09. The van der Waals surface area contributed by atoms with Gasteiger partial charge in [-0.2, -0.15) is 0 Å². The molecule has 1 aliphatic rings. The molecule has 27 heavy (non-hydrogen) atoms. The largest absolute Gasteiger partial charge is 0.483 e. The number of ether oxygens (including phenoxy) is 1. The zero-order valence-electron chi connectivity index (χ0n) is 14.6. The number of hydrogen-bond acceptors (Lipinski definition) is 6. The van der Waals surface area contributed by atoms with Crippen molar-refractivity contribution in [2.75, 3.05) is 0 Å². The molecule has 0 radical (unpaired) electrons. The van der Waals surface area contributed by atoms with E-state index >= 15 is 0 Å². The first kappa shape index (κ1) is 18.6. The van der Waals surface area contributed by atoms with Crippen molar-refractivity contribution >= 4 is 28.7 Å². The van der Waals surface area contributed by atoms with Crippen molar-refractivity contribution in [3.63, 3.8) is 0 Å². The van der Waals surface area contributed by atoms with Crippen molar-refractivity contribution in [2.45, 2.75) is 26.4 Å². The van der Waals surface area contributed by atoms with Crippen molar-refractivity contribution in [3.05, 3.63) is 77.2 Å². The lowest BCUT2D eigenvalue weighted by molar-refractivity contribution is -0.386. The lowest BCUT2D eigenvalue weighted by atomic mass is 9.90. The van der Waals surface area contributed by atoms with Gasteiger partial charge in [0.1, 0.15) is 11.4 Å². The Kier molecular flexibility index (Phi) is 4.27. The van der Waals surface area contributed by atoms with Crippen molar-refractivity contribution in [2.24, 2.45) is 0 Å². The minimum Gasteiger partial charge on any atom is -0.483 e. The maximum Gasteiger partial charge on any atom is 0.335 e. The van der Waals surface area contributed by atoms with Crippen molar-refractivity contribution in [3.8, 4) is 5.75 Å². The van der Waals surface area contributed by atoms with Gasteiger partial charge in [0.15, 0.2) is 0 Å². The Balaban J connectivity index is 2.41. The van der Waals surface area contributed by atoms with E-state index in [9.17, 15) is 25.0 Å². The van der Waals surface area contributed by atoms with E-state index in [2.05, 4.69) is 0 Å². The van der Waals surface area contributed by atoms with Gasteiger partial charge in [-0.1, -0.05) is 11.6 Å². The molecule has 3 rings (SSSR count). The average molecular weight is 392 g/mol. The Labute approximate surface area is 157 Å². The molecular formula is C17H14ClN3O6. The van der Waals surface area contributed by atoms with Gasteiger partial charge in [-0.25, -0.2) is 0 Å². The smallest absolute Gasteiger partial charge is 0.335 e. The Hall–Kier alpha value is -3.20. The highest BCUT2D eigenvalue weighted by molar-refractivity contribution is 6.30. The Morgan fingerprint density at radius 2 is 1.81 bits per heavy atom. The van der Waals surface area contributed by atoms with E-state index in [-0.39, 0.29) is 22.0 Å². The average Bonchev–Trinajstić information content (AvgIpc) is 2.57. The number of nitro groups is 2. The number of aromatic nitrogens is 1. The second-order valence-electron chi connectivity index (χ2n) is 6.50. The molecule has 0 bridgehead atoms. The molecule has 9 nitrogen and oxygen atoms in total. The van der Waals surface area contributed by atoms with Gasteiger partial charge in [0.25, 0.3) is 5.69 Å². The van der Waals surface area contributed by atoms with Crippen LogP contribution >= 0.6 is 11.6 Å². The molecule has 10 heteroatoms. The van der Waals surface area contributed by atoms with E-state index in [1.54, 1.807) is 20.8 Å². The fourth-order valence-electron chi connectivity index (χ4n) is 2.89. The molecule has 2 heterocycles. The van der Waals surface area contributed by atoms with Crippen LogP contribution in [0.25, 0.3) is 5.70 Å². The maximum atomic E-state index is 12.7. The summed E-state index contributed by atoms with van der Waals surface area (Å²) >= 11 is 5.99. The lowest BCUT2D eigenvalue weighted by Gasteiger charge is -2.35. The molecule has 1 aromatic heterocycles. The molecule has 0 atom stereocenters. The van der Waals surface area contributed by atoms with Gasteiger partial charge in [0.05, 0.1) is 20.6 Å². The van der Waals surface area contributed by atoms with Crippen LogP contribution in [0.2, 0.25) is 5.02 Å². The van der Waals surface area contributed by atoms with Crippen LogP contribution < -0.4 is 10.3 Å². The number of non-ortho nitro benzene ring substituents is 1. The summed E-state index contributed by atoms with van der Waals surface area (Å²) in [5.41, 5.74) is -1.54. The minimum atomic E-state index is -0.895.